The molecule has 8 heteroatoms. The van der Waals surface area contributed by atoms with E-state index in [9.17, 15) is 14.4 Å². The molecule has 0 unspecified atom stereocenters. The summed E-state index contributed by atoms with van der Waals surface area (Å²) in [6, 6.07) is 7.02. The molecule has 0 saturated heterocycles. The molecule has 0 heterocycles. The maximum Gasteiger partial charge on any atom is 0.306 e. The van der Waals surface area contributed by atoms with Gasteiger partial charge >= 0.3 is 5.97 Å². The summed E-state index contributed by atoms with van der Waals surface area (Å²) in [7, 11) is 0. The average molecular weight is 351 g/mol. The minimum atomic E-state index is -0.439. The zero-order valence-corrected chi connectivity index (χ0v) is 14.5. The fourth-order valence-electron chi connectivity index (χ4n) is 1.70. The first kappa shape index (κ1) is 19.6. The molecule has 1 aromatic carbocycles. The number of amides is 2. The number of ether oxygens (including phenoxy) is 1. The van der Waals surface area contributed by atoms with Crippen LogP contribution in [0.3, 0.4) is 0 Å². The molecule has 0 fully saturated rings. The molecular formula is C16H21N3O4S. The van der Waals surface area contributed by atoms with Gasteiger partial charge in [-0.05, 0) is 37.7 Å². The van der Waals surface area contributed by atoms with Gasteiger partial charge in [0.15, 0.2) is 5.11 Å². The second-order valence-corrected chi connectivity index (χ2v) is 5.45. The predicted octanol–water partition coefficient (Wildman–Crippen LogP) is 1.36. The number of carbonyl (C=O) groups is 3. The quantitative estimate of drug-likeness (QED) is 0.407. The van der Waals surface area contributed by atoms with Crippen LogP contribution in [0.25, 0.3) is 0 Å². The molecule has 3 N–H and O–H groups in total. The number of carbonyl (C=O) groups excluding carboxylic acids is 3. The van der Waals surface area contributed by atoms with Gasteiger partial charge in [0.1, 0.15) is 0 Å². The second-order valence-electron chi connectivity index (χ2n) is 5.05. The maximum absolute atomic E-state index is 11.9. The van der Waals surface area contributed by atoms with E-state index in [1.165, 1.54) is 0 Å². The lowest BCUT2D eigenvalue weighted by atomic mass is 10.1. The highest BCUT2D eigenvalue weighted by Gasteiger charge is 2.10. The molecule has 0 atom stereocenters. The van der Waals surface area contributed by atoms with Gasteiger partial charge in [-0.25, -0.2) is 0 Å². The van der Waals surface area contributed by atoms with Crippen LogP contribution in [0.15, 0.2) is 24.3 Å². The molecule has 0 bridgehead atoms. The van der Waals surface area contributed by atoms with Gasteiger partial charge in [-0.15, -0.1) is 0 Å². The van der Waals surface area contributed by atoms with Gasteiger partial charge < -0.3 is 10.1 Å². The van der Waals surface area contributed by atoms with Crippen molar-refractivity contribution >= 4 is 35.1 Å². The van der Waals surface area contributed by atoms with Crippen molar-refractivity contribution in [3.63, 3.8) is 0 Å². The number of esters is 1. The van der Waals surface area contributed by atoms with Gasteiger partial charge in [0, 0.05) is 12.0 Å². The molecule has 0 aliphatic carbocycles. The molecule has 0 radical (unpaired) electrons. The SMILES string of the molecule is CCCOC(=O)CCC(=O)NC(=S)NNC(=O)c1cccc(C)c1. The number of hydrazine groups is 1. The van der Waals surface area contributed by atoms with E-state index in [0.717, 1.165) is 12.0 Å². The van der Waals surface area contributed by atoms with Crippen molar-refractivity contribution in [3.05, 3.63) is 35.4 Å². The fourth-order valence-corrected chi connectivity index (χ4v) is 1.86. The molecule has 0 saturated carbocycles. The van der Waals surface area contributed by atoms with Crippen LogP contribution in [0.4, 0.5) is 0 Å². The average Bonchev–Trinajstić information content (AvgIpc) is 2.56. The lowest BCUT2D eigenvalue weighted by Gasteiger charge is -2.11. The van der Waals surface area contributed by atoms with Gasteiger partial charge in [0.2, 0.25) is 5.91 Å². The summed E-state index contributed by atoms with van der Waals surface area (Å²) in [4.78, 5) is 34.8. The van der Waals surface area contributed by atoms with Gasteiger partial charge in [-0.3, -0.25) is 25.2 Å². The third-order valence-corrected chi connectivity index (χ3v) is 3.05. The van der Waals surface area contributed by atoms with Crippen LogP contribution in [-0.2, 0) is 14.3 Å². The number of hydrogen-bond donors (Lipinski definition) is 3. The van der Waals surface area contributed by atoms with Crippen molar-refractivity contribution in [2.24, 2.45) is 0 Å². The third-order valence-electron chi connectivity index (χ3n) is 2.85. The normalized spacial score (nSPS) is 9.75. The fraction of sp³-hybridized carbons (Fsp3) is 0.375. The first-order valence-electron chi connectivity index (χ1n) is 7.54. The first-order chi connectivity index (χ1) is 11.4. The Morgan fingerprint density at radius 3 is 2.58 bits per heavy atom. The highest BCUT2D eigenvalue weighted by atomic mass is 32.1. The monoisotopic (exact) mass is 351 g/mol. The van der Waals surface area contributed by atoms with E-state index in [2.05, 4.69) is 16.2 Å². The molecule has 7 nitrogen and oxygen atoms in total. The molecule has 130 valence electrons. The Morgan fingerprint density at radius 1 is 1.17 bits per heavy atom. The Bertz CT molecular complexity index is 619. The van der Waals surface area contributed by atoms with Crippen LogP contribution in [0.2, 0.25) is 0 Å². The maximum atomic E-state index is 11.9. The molecule has 2 amide bonds. The largest absolute Gasteiger partial charge is 0.466 e. The summed E-state index contributed by atoms with van der Waals surface area (Å²) in [5.41, 5.74) is 6.24. The van der Waals surface area contributed by atoms with Crippen LogP contribution in [0.1, 0.15) is 42.1 Å². The van der Waals surface area contributed by atoms with Crippen LogP contribution in [-0.4, -0.2) is 29.5 Å². The Morgan fingerprint density at radius 2 is 1.92 bits per heavy atom. The number of benzene rings is 1. The van der Waals surface area contributed by atoms with Gasteiger partial charge in [-0.1, -0.05) is 24.6 Å². The van der Waals surface area contributed by atoms with E-state index in [-0.39, 0.29) is 23.9 Å². The van der Waals surface area contributed by atoms with Crippen molar-refractivity contribution in [1.82, 2.24) is 16.2 Å². The minimum Gasteiger partial charge on any atom is -0.466 e. The number of hydrogen-bond acceptors (Lipinski definition) is 5. The lowest BCUT2D eigenvalue weighted by Crippen LogP contribution is -2.48. The summed E-state index contributed by atoms with van der Waals surface area (Å²) in [6.45, 7) is 4.10. The van der Waals surface area contributed by atoms with Crippen molar-refractivity contribution in [2.45, 2.75) is 33.1 Å². The van der Waals surface area contributed by atoms with Crippen molar-refractivity contribution in [3.8, 4) is 0 Å². The first-order valence-corrected chi connectivity index (χ1v) is 7.95. The van der Waals surface area contributed by atoms with Crippen LogP contribution in [0, 0.1) is 6.92 Å². The zero-order valence-electron chi connectivity index (χ0n) is 13.7. The molecule has 0 aliphatic rings. The lowest BCUT2D eigenvalue weighted by molar-refractivity contribution is -0.144. The number of thiocarbonyl (C=S) groups is 1. The highest BCUT2D eigenvalue weighted by molar-refractivity contribution is 7.80. The van der Waals surface area contributed by atoms with Crippen molar-refractivity contribution < 1.29 is 19.1 Å². The standard InChI is InChI=1S/C16H21N3O4S/c1-3-9-23-14(21)8-7-13(20)17-16(24)19-18-15(22)12-6-4-5-11(2)10-12/h4-6,10H,3,7-9H2,1-2H3,(H,18,22)(H2,17,19,20,24). The summed E-state index contributed by atoms with van der Waals surface area (Å²) >= 11 is 4.90. The molecule has 0 aromatic heterocycles. The van der Waals surface area contributed by atoms with E-state index in [0.29, 0.717) is 12.2 Å². The predicted molar refractivity (Wildman–Crippen MR) is 93.0 cm³/mol. The highest BCUT2D eigenvalue weighted by Crippen LogP contribution is 2.02. The second kappa shape index (κ2) is 10.3. The number of nitrogens with one attached hydrogen (secondary N) is 3. The zero-order chi connectivity index (χ0) is 17.9. The van der Waals surface area contributed by atoms with Gasteiger partial charge in [-0.2, -0.15) is 0 Å². The van der Waals surface area contributed by atoms with Crippen LogP contribution >= 0.6 is 12.2 Å². The summed E-state index contributed by atoms with van der Waals surface area (Å²) in [5.74, 6) is -1.25. The Kier molecular flexibility index (Phi) is 8.42. The molecule has 24 heavy (non-hydrogen) atoms. The van der Waals surface area contributed by atoms with E-state index >= 15 is 0 Å². The van der Waals surface area contributed by atoms with Crippen LogP contribution < -0.4 is 16.2 Å². The van der Waals surface area contributed by atoms with E-state index in [4.69, 9.17) is 17.0 Å². The smallest absolute Gasteiger partial charge is 0.306 e. The third kappa shape index (κ3) is 7.68. The van der Waals surface area contributed by atoms with E-state index in [1.807, 2.05) is 19.9 Å². The number of rotatable bonds is 6. The van der Waals surface area contributed by atoms with E-state index < -0.39 is 11.9 Å². The molecule has 0 aliphatic heterocycles. The molecular weight excluding hydrogens is 330 g/mol. The Labute approximate surface area is 146 Å². The molecule has 1 aromatic rings. The van der Waals surface area contributed by atoms with E-state index in [1.54, 1.807) is 18.2 Å². The van der Waals surface area contributed by atoms with Gasteiger partial charge in [0.25, 0.3) is 5.91 Å². The molecule has 1 rings (SSSR count). The minimum absolute atomic E-state index is 0.0237. The summed E-state index contributed by atoms with van der Waals surface area (Å²) in [5, 5.41) is 2.32. The van der Waals surface area contributed by atoms with Crippen molar-refractivity contribution in [2.75, 3.05) is 6.61 Å². The summed E-state index contributed by atoms with van der Waals surface area (Å²) in [6.07, 6.45) is 0.660. The Balaban J connectivity index is 2.29. The topological polar surface area (TPSA) is 96.5 Å². The molecule has 0 spiro atoms. The number of aryl methyl sites for hydroxylation is 1. The van der Waals surface area contributed by atoms with Crippen molar-refractivity contribution in [1.29, 1.82) is 0 Å². The summed E-state index contributed by atoms with van der Waals surface area (Å²) < 4.78 is 4.86. The Hall–Kier alpha value is -2.48. The van der Waals surface area contributed by atoms with Crippen LogP contribution in [0.5, 0.6) is 0 Å². The van der Waals surface area contributed by atoms with Gasteiger partial charge in [0.05, 0.1) is 13.0 Å².